The van der Waals surface area contributed by atoms with Gasteiger partial charge >= 0.3 is 6.64 Å². The maximum Gasteiger partial charge on any atom is 0.312 e. The van der Waals surface area contributed by atoms with Crippen LogP contribution in [-0.2, 0) is 16.3 Å². The van der Waals surface area contributed by atoms with E-state index in [-0.39, 0.29) is 22.7 Å². The molecule has 0 heterocycles. The lowest BCUT2D eigenvalue weighted by atomic mass is 10.2. The van der Waals surface area contributed by atoms with Crippen molar-refractivity contribution in [1.29, 1.82) is 0 Å². The summed E-state index contributed by atoms with van der Waals surface area (Å²) >= 11 is 5.29. The van der Waals surface area contributed by atoms with Crippen molar-refractivity contribution in [2.75, 3.05) is 12.3 Å². The van der Waals surface area contributed by atoms with Crippen molar-refractivity contribution in [2.45, 2.75) is 26.8 Å². The van der Waals surface area contributed by atoms with E-state index in [1.807, 2.05) is 13.8 Å². The molecule has 6 nitrogen and oxygen atoms in total. The van der Waals surface area contributed by atoms with E-state index in [1.165, 1.54) is 13.2 Å². The molecule has 1 aromatic rings. The molecule has 1 unspecified atom stereocenters. The van der Waals surface area contributed by atoms with Crippen LogP contribution in [0.1, 0.15) is 19.4 Å². The van der Waals surface area contributed by atoms with Crippen LogP contribution in [0.2, 0.25) is 0 Å². The second kappa shape index (κ2) is 6.65. The van der Waals surface area contributed by atoms with Crippen LogP contribution in [0.25, 0.3) is 0 Å². The van der Waals surface area contributed by atoms with E-state index < -0.39 is 6.64 Å². The summed E-state index contributed by atoms with van der Waals surface area (Å²) in [7, 11) is 1.44. The fourth-order valence-corrected chi connectivity index (χ4v) is 3.57. The van der Waals surface area contributed by atoms with E-state index in [1.54, 1.807) is 19.1 Å². The molecule has 19 heavy (non-hydrogen) atoms. The number of nitrogens with one attached hydrogen (secondary N) is 1. The van der Waals surface area contributed by atoms with Crippen LogP contribution in [0.15, 0.2) is 18.2 Å². The van der Waals surface area contributed by atoms with Gasteiger partial charge in [0.1, 0.15) is 0 Å². The van der Waals surface area contributed by atoms with Gasteiger partial charge in [-0.1, -0.05) is 6.07 Å². The minimum atomic E-state index is -2.75. The third-order valence-electron chi connectivity index (χ3n) is 2.20. The van der Waals surface area contributed by atoms with Crippen molar-refractivity contribution >= 4 is 24.1 Å². The SMILES string of the molecule is COP(=S)(NC(C)C)Oc1ccc(C)cc1N([O-])O. The van der Waals surface area contributed by atoms with E-state index in [2.05, 4.69) is 5.09 Å². The molecule has 2 N–H and O–H groups in total. The molecular weight excluding hydrogens is 287 g/mol. The summed E-state index contributed by atoms with van der Waals surface area (Å²) in [6, 6.07) is 4.91. The molecule has 0 fully saturated rings. The zero-order valence-electron chi connectivity index (χ0n) is 11.3. The van der Waals surface area contributed by atoms with Crippen molar-refractivity contribution < 1.29 is 14.3 Å². The number of aryl methyl sites for hydroxylation is 1. The second-order valence-corrected chi connectivity index (χ2v) is 7.54. The van der Waals surface area contributed by atoms with Crippen LogP contribution in [0.3, 0.4) is 0 Å². The molecule has 0 aliphatic heterocycles. The van der Waals surface area contributed by atoms with E-state index >= 15 is 0 Å². The third-order valence-corrected chi connectivity index (χ3v) is 4.93. The Bertz CT molecular complexity index is 482. The Morgan fingerprint density at radius 2 is 2.11 bits per heavy atom. The van der Waals surface area contributed by atoms with Crippen LogP contribution in [0.4, 0.5) is 5.69 Å². The summed E-state index contributed by atoms with van der Waals surface area (Å²) in [5, 5.41) is 23.0. The van der Waals surface area contributed by atoms with Crippen molar-refractivity contribution in [3.63, 3.8) is 0 Å². The van der Waals surface area contributed by atoms with E-state index in [9.17, 15) is 5.21 Å². The highest BCUT2D eigenvalue weighted by Crippen LogP contribution is 2.47. The molecular formula is C11H18N2O4PS-. The highest BCUT2D eigenvalue weighted by molar-refractivity contribution is 8.09. The van der Waals surface area contributed by atoms with Gasteiger partial charge in [-0.3, -0.25) is 5.21 Å². The van der Waals surface area contributed by atoms with Gasteiger partial charge in [0.2, 0.25) is 0 Å². The molecule has 1 aromatic carbocycles. The molecule has 0 aliphatic carbocycles. The van der Waals surface area contributed by atoms with Crippen LogP contribution < -0.4 is 14.8 Å². The Hall–Kier alpha value is -0.690. The van der Waals surface area contributed by atoms with Gasteiger partial charge in [-0.2, -0.15) is 0 Å². The predicted molar refractivity (Wildman–Crippen MR) is 79.0 cm³/mol. The molecule has 0 saturated carbocycles. The molecule has 0 aromatic heterocycles. The first-order valence-electron chi connectivity index (χ1n) is 5.67. The van der Waals surface area contributed by atoms with Crippen molar-refractivity contribution in [1.82, 2.24) is 5.09 Å². The van der Waals surface area contributed by atoms with Gasteiger partial charge in [-0.15, -0.1) is 0 Å². The maximum absolute atomic E-state index is 11.1. The number of rotatable bonds is 6. The van der Waals surface area contributed by atoms with Crippen molar-refractivity contribution in [2.24, 2.45) is 0 Å². The smallest absolute Gasteiger partial charge is 0.312 e. The fourth-order valence-electron chi connectivity index (χ4n) is 1.42. The lowest BCUT2D eigenvalue weighted by Crippen LogP contribution is -2.23. The summed E-state index contributed by atoms with van der Waals surface area (Å²) in [5.74, 6) is 0.182. The fraction of sp³-hybridized carbons (Fsp3) is 0.455. The largest absolute Gasteiger partial charge is 0.733 e. The minimum Gasteiger partial charge on any atom is -0.733 e. The second-order valence-electron chi connectivity index (χ2n) is 4.30. The van der Waals surface area contributed by atoms with Crippen LogP contribution in [-0.4, -0.2) is 18.4 Å². The number of hydrogen-bond acceptors (Lipinski definition) is 6. The van der Waals surface area contributed by atoms with Gasteiger partial charge in [-0.05, 0) is 50.3 Å². The molecule has 1 atom stereocenters. The summed E-state index contributed by atoms with van der Waals surface area (Å²) in [6.07, 6.45) is 0. The van der Waals surface area contributed by atoms with Crippen LogP contribution >= 0.6 is 6.64 Å². The molecule has 0 amide bonds. The van der Waals surface area contributed by atoms with Gasteiger partial charge < -0.3 is 19.5 Å². The molecule has 108 valence electrons. The number of nitrogens with zero attached hydrogens (tertiary/aromatic N) is 1. The topological polar surface area (TPSA) is 77.0 Å². The van der Waals surface area contributed by atoms with Crippen LogP contribution in [0, 0.1) is 12.1 Å². The highest BCUT2D eigenvalue weighted by atomic mass is 32.5. The Morgan fingerprint density at radius 1 is 1.47 bits per heavy atom. The summed E-state index contributed by atoms with van der Waals surface area (Å²) in [6.45, 7) is 2.86. The van der Waals surface area contributed by atoms with Gasteiger partial charge in [0.25, 0.3) is 0 Å². The number of benzene rings is 1. The molecule has 0 saturated heterocycles. The normalized spacial score (nSPS) is 14.3. The lowest BCUT2D eigenvalue weighted by molar-refractivity contribution is 0.293. The maximum atomic E-state index is 11.1. The molecule has 0 bridgehead atoms. The Balaban J connectivity index is 3.07. The Labute approximate surface area is 118 Å². The van der Waals surface area contributed by atoms with E-state index in [0.717, 1.165) is 5.56 Å². The van der Waals surface area contributed by atoms with E-state index in [4.69, 9.17) is 26.1 Å². The average Bonchev–Trinajstić information content (AvgIpc) is 2.30. The predicted octanol–water partition coefficient (Wildman–Crippen LogP) is 2.94. The molecule has 0 spiro atoms. The van der Waals surface area contributed by atoms with Crippen molar-refractivity contribution in [3.8, 4) is 5.75 Å². The third kappa shape index (κ3) is 4.72. The molecule has 1 rings (SSSR count). The highest BCUT2D eigenvalue weighted by Gasteiger charge is 2.22. The van der Waals surface area contributed by atoms with Crippen LogP contribution in [0.5, 0.6) is 5.75 Å². The minimum absolute atomic E-state index is 0.00293. The summed E-state index contributed by atoms with van der Waals surface area (Å²) in [5.41, 5.74) is 0.816. The van der Waals surface area contributed by atoms with Gasteiger partial charge in [-0.25, -0.2) is 5.09 Å². The lowest BCUT2D eigenvalue weighted by Gasteiger charge is -2.29. The molecule has 0 aliphatic rings. The monoisotopic (exact) mass is 305 g/mol. The van der Waals surface area contributed by atoms with Gasteiger partial charge in [0.15, 0.2) is 5.75 Å². The zero-order chi connectivity index (χ0) is 14.6. The van der Waals surface area contributed by atoms with Gasteiger partial charge in [0.05, 0.1) is 5.69 Å². The number of anilines is 1. The number of hydrogen-bond donors (Lipinski definition) is 2. The Kier molecular flexibility index (Phi) is 5.73. The van der Waals surface area contributed by atoms with Crippen molar-refractivity contribution in [3.05, 3.63) is 29.0 Å². The standard InChI is InChI=1S/C11H18N2O4PS/c1-8(2)12-18(19,16-4)17-11-6-5-9(3)7-10(11)13(14)15/h5-8,14H,1-4H3,(H,12,19)/q-1. The zero-order valence-corrected chi connectivity index (χ0v) is 13.0. The molecule has 0 radical (unpaired) electrons. The first-order valence-corrected chi connectivity index (χ1v) is 8.31. The van der Waals surface area contributed by atoms with E-state index in [0.29, 0.717) is 0 Å². The first-order chi connectivity index (χ1) is 8.77. The quantitative estimate of drug-likeness (QED) is 0.618. The summed E-state index contributed by atoms with van der Waals surface area (Å²) in [4.78, 5) is 0. The summed E-state index contributed by atoms with van der Waals surface area (Å²) < 4.78 is 10.8. The molecule has 8 heteroatoms. The van der Waals surface area contributed by atoms with Gasteiger partial charge in [0, 0.05) is 13.2 Å². The average molecular weight is 305 g/mol. The first kappa shape index (κ1) is 16.4. The Morgan fingerprint density at radius 3 is 2.58 bits per heavy atom.